The molecule has 0 spiro atoms. The lowest BCUT2D eigenvalue weighted by Gasteiger charge is -2.26. The maximum atomic E-state index is 13.8. The maximum absolute atomic E-state index is 13.8. The summed E-state index contributed by atoms with van der Waals surface area (Å²) >= 11 is 0. The number of fused-ring (bicyclic) bond motifs is 1. The molecule has 0 aliphatic heterocycles. The first kappa shape index (κ1) is 22.1. The van der Waals surface area contributed by atoms with E-state index in [0.717, 1.165) is 29.1 Å². The number of aryl methyl sites for hydroxylation is 1. The Morgan fingerprint density at radius 2 is 1.69 bits per heavy atom. The molecule has 166 valence electrons. The molecule has 1 aromatic heterocycles. The number of rotatable bonds is 9. The number of aliphatic hydroxyl groups excluding tert-OH is 1. The van der Waals surface area contributed by atoms with Gasteiger partial charge < -0.3 is 15.0 Å². The van der Waals surface area contributed by atoms with Crippen LogP contribution in [0.4, 0.5) is 8.78 Å². The Labute approximate surface area is 186 Å². The minimum Gasteiger partial charge on any atom is -0.390 e. The van der Waals surface area contributed by atoms with Gasteiger partial charge in [0.2, 0.25) is 0 Å². The second kappa shape index (κ2) is 10.0. The number of para-hydroxylation sites is 2. The highest BCUT2D eigenvalue weighted by atomic mass is 19.1. The van der Waals surface area contributed by atoms with E-state index in [2.05, 4.69) is 35.4 Å². The predicted octanol–water partition coefficient (Wildman–Crippen LogP) is 4.81. The molecule has 3 aromatic carbocycles. The van der Waals surface area contributed by atoms with E-state index in [1.165, 1.54) is 17.7 Å². The molecule has 1 heterocycles. The second-order valence-electron chi connectivity index (χ2n) is 8.06. The molecule has 4 rings (SSSR count). The Balaban J connectivity index is 1.55. The highest BCUT2D eigenvalue weighted by molar-refractivity contribution is 5.75. The first-order chi connectivity index (χ1) is 15.5. The van der Waals surface area contributed by atoms with Gasteiger partial charge in [-0.25, -0.2) is 13.8 Å². The first-order valence-electron chi connectivity index (χ1n) is 10.9. The summed E-state index contributed by atoms with van der Waals surface area (Å²) in [7, 11) is 0. The standard InChI is InChI=1S/C26H27F2N3O/c1-2-18-6-5-7-19(10-18)15-29-16-26(32)25(13-20-11-21(27)14-22(28)12-20)31-17-30-23-8-3-4-9-24(23)31/h3-12,14,17,25-26,29,32H,2,13,15-16H2,1H3/t25-,26+/m0/s1. The Bertz CT molecular complexity index is 1170. The van der Waals surface area contributed by atoms with Crippen LogP contribution in [0, 0.1) is 11.6 Å². The fraction of sp³-hybridized carbons (Fsp3) is 0.269. The molecule has 0 unspecified atom stereocenters. The Hall–Kier alpha value is -3.09. The third-order valence-electron chi connectivity index (χ3n) is 5.73. The number of aliphatic hydroxyl groups is 1. The number of halogens is 2. The molecule has 6 heteroatoms. The minimum atomic E-state index is -0.798. The zero-order valence-corrected chi connectivity index (χ0v) is 18.0. The lowest BCUT2D eigenvalue weighted by Crippen LogP contribution is -2.35. The molecule has 0 aliphatic rings. The van der Waals surface area contributed by atoms with E-state index >= 15 is 0 Å². The number of hydrogen-bond donors (Lipinski definition) is 2. The van der Waals surface area contributed by atoms with Gasteiger partial charge in [-0.05, 0) is 53.8 Å². The number of nitrogens with one attached hydrogen (secondary N) is 1. The maximum Gasteiger partial charge on any atom is 0.126 e. The highest BCUT2D eigenvalue weighted by Gasteiger charge is 2.23. The monoisotopic (exact) mass is 435 g/mol. The van der Waals surface area contributed by atoms with Crippen molar-refractivity contribution in [3.05, 3.63) is 101 Å². The summed E-state index contributed by atoms with van der Waals surface area (Å²) in [6.45, 7) is 3.06. The molecule has 0 saturated heterocycles. The van der Waals surface area contributed by atoms with Crippen molar-refractivity contribution < 1.29 is 13.9 Å². The number of nitrogens with zero attached hydrogens (tertiary/aromatic N) is 2. The van der Waals surface area contributed by atoms with Crippen molar-refractivity contribution in [2.75, 3.05) is 6.54 Å². The van der Waals surface area contributed by atoms with Crippen LogP contribution in [0.3, 0.4) is 0 Å². The van der Waals surface area contributed by atoms with Crippen LogP contribution in [0.2, 0.25) is 0 Å². The van der Waals surface area contributed by atoms with Crippen molar-refractivity contribution in [1.29, 1.82) is 0 Å². The number of hydrogen-bond acceptors (Lipinski definition) is 3. The Morgan fingerprint density at radius 3 is 2.47 bits per heavy atom. The Morgan fingerprint density at radius 1 is 0.938 bits per heavy atom. The van der Waals surface area contributed by atoms with Crippen LogP contribution < -0.4 is 5.32 Å². The van der Waals surface area contributed by atoms with Crippen LogP contribution in [0.1, 0.15) is 29.7 Å². The van der Waals surface area contributed by atoms with E-state index in [0.29, 0.717) is 18.7 Å². The SMILES string of the molecule is CCc1cccc(CNC[C@@H](O)[C@H](Cc2cc(F)cc(F)c2)n2cnc3ccccc32)c1. The first-order valence-corrected chi connectivity index (χ1v) is 10.9. The van der Waals surface area contributed by atoms with E-state index in [4.69, 9.17) is 0 Å². The molecule has 2 N–H and O–H groups in total. The van der Waals surface area contributed by atoms with Crippen molar-refractivity contribution in [2.24, 2.45) is 0 Å². The highest BCUT2D eigenvalue weighted by Crippen LogP contribution is 2.25. The quantitative estimate of drug-likeness (QED) is 0.397. The molecular weight excluding hydrogens is 408 g/mol. The van der Waals surface area contributed by atoms with Crippen LogP contribution in [-0.2, 0) is 19.4 Å². The zero-order chi connectivity index (χ0) is 22.5. The van der Waals surface area contributed by atoms with Crippen LogP contribution in [0.5, 0.6) is 0 Å². The van der Waals surface area contributed by atoms with E-state index in [9.17, 15) is 13.9 Å². The topological polar surface area (TPSA) is 50.1 Å². The molecule has 4 nitrogen and oxygen atoms in total. The average molecular weight is 436 g/mol. The van der Waals surface area contributed by atoms with Crippen molar-refractivity contribution in [1.82, 2.24) is 14.9 Å². The summed E-state index contributed by atoms with van der Waals surface area (Å²) in [6.07, 6.45) is 2.12. The van der Waals surface area contributed by atoms with Gasteiger partial charge in [-0.3, -0.25) is 0 Å². The van der Waals surface area contributed by atoms with Crippen LogP contribution in [0.25, 0.3) is 11.0 Å². The number of imidazole rings is 1. The minimum absolute atomic E-state index is 0.267. The molecule has 0 aliphatic carbocycles. The van der Waals surface area contributed by atoms with Gasteiger partial charge in [0.15, 0.2) is 0 Å². The smallest absolute Gasteiger partial charge is 0.126 e. The van der Waals surface area contributed by atoms with Crippen LogP contribution in [0.15, 0.2) is 73.1 Å². The fourth-order valence-corrected chi connectivity index (χ4v) is 4.09. The molecular formula is C26H27F2N3O. The molecule has 0 amide bonds. The fourth-order valence-electron chi connectivity index (χ4n) is 4.09. The third-order valence-corrected chi connectivity index (χ3v) is 5.73. The molecule has 0 saturated carbocycles. The summed E-state index contributed by atoms with van der Waals surface area (Å²) in [6, 6.07) is 19.0. The van der Waals surface area contributed by atoms with Gasteiger partial charge in [0.25, 0.3) is 0 Å². The molecule has 4 aromatic rings. The van der Waals surface area contributed by atoms with Gasteiger partial charge in [0.1, 0.15) is 11.6 Å². The van der Waals surface area contributed by atoms with Crippen molar-refractivity contribution in [3.63, 3.8) is 0 Å². The second-order valence-corrected chi connectivity index (χ2v) is 8.06. The summed E-state index contributed by atoms with van der Waals surface area (Å²) < 4.78 is 29.5. The van der Waals surface area contributed by atoms with Crippen LogP contribution in [-0.4, -0.2) is 27.3 Å². The van der Waals surface area contributed by atoms with Gasteiger partial charge in [0, 0.05) is 19.2 Å². The number of benzene rings is 3. The van der Waals surface area contributed by atoms with Gasteiger partial charge >= 0.3 is 0 Å². The van der Waals surface area contributed by atoms with Gasteiger partial charge in [-0.15, -0.1) is 0 Å². The Kier molecular flexibility index (Phi) is 6.93. The third kappa shape index (κ3) is 5.21. The van der Waals surface area contributed by atoms with Gasteiger partial charge in [-0.1, -0.05) is 43.3 Å². The summed E-state index contributed by atoms with van der Waals surface area (Å²) in [5, 5.41) is 14.4. The van der Waals surface area contributed by atoms with E-state index in [1.807, 2.05) is 34.9 Å². The van der Waals surface area contributed by atoms with Crippen molar-refractivity contribution >= 4 is 11.0 Å². The lowest BCUT2D eigenvalue weighted by molar-refractivity contribution is 0.112. The van der Waals surface area contributed by atoms with Gasteiger partial charge in [-0.2, -0.15) is 0 Å². The van der Waals surface area contributed by atoms with Gasteiger partial charge in [0.05, 0.1) is 29.5 Å². The zero-order valence-electron chi connectivity index (χ0n) is 18.0. The number of aromatic nitrogens is 2. The van der Waals surface area contributed by atoms with Crippen molar-refractivity contribution in [2.45, 2.75) is 38.5 Å². The van der Waals surface area contributed by atoms with E-state index < -0.39 is 23.8 Å². The molecule has 0 radical (unpaired) electrons. The molecule has 2 atom stereocenters. The average Bonchev–Trinajstić information content (AvgIpc) is 3.21. The predicted molar refractivity (Wildman–Crippen MR) is 122 cm³/mol. The summed E-state index contributed by atoms with van der Waals surface area (Å²) in [4.78, 5) is 4.43. The largest absolute Gasteiger partial charge is 0.390 e. The molecule has 0 fully saturated rings. The van der Waals surface area contributed by atoms with E-state index in [1.54, 1.807) is 6.33 Å². The van der Waals surface area contributed by atoms with Crippen molar-refractivity contribution in [3.8, 4) is 0 Å². The molecule has 32 heavy (non-hydrogen) atoms. The normalized spacial score (nSPS) is 13.4. The molecule has 0 bridgehead atoms. The van der Waals surface area contributed by atoms with E-state index in [-0.39, 0.29) is 6.42 Å². The summed E-state index contributed by atoms with van der Waals surface area (Å²) in [5.74, 6) is -1.25. The van der Waals surface area contributed by atoms with Crippen LogP contribution >= 0.6 is 0 Å². The lowest BCUT2D eigenvalue weighted by atomic mass is 10.00. The summed E-state index contributed by atoms with van der Waals surface area (Å²) in [5.41, 5.74) is 4.57.